The van der Waals surface area contributed by atoms with Crippen LogP contribution < -0.4 is 16.0 Å². The number of rotatable bonds is 3. The molecule has 0 bridgehead atoms. The number of thiocarbonyl (C=S) groups is 1. The van der Waals surface area contributed by atoms with Crippen molar-refractivity contribution >= 4 is 51.7 Å². The molecule has 1 fully saturated rings. The van der Waals surface area contributed by atoms with Gasteiger partial charge in [0.15, 0.2) is 0 Å². The van der Waals surface area contributed by atoms with E-state index in [0.29, 0.717) is 9.23 Å². The maximum Gasteiger partial charge on any atom is 0.263 e. The third-order valence-electron chi connectivity index (χ3n) is 2.52. The van der Waals surface area contributed by atoms with Crippen LogP contribution in [-0.4, -0.2) is 24.3 Å². The van der Waals surface area contributed by atoms with Crippen molar-refractivity contribution < 1.29 is 4.79 Å². The Balaban J connectivity index is 2.32. The van der Waals surface area contributed by atoms with E-state index in [1.165, 1.54) is 11.8 Å². The second-order valence-electron chi connectivity index (χ2n) is 3.66. The molecule has 4 nitrogen and oxygen atoms in total. The molecule has 94 valence electrons. The summed E-state index contributed by atoms with van der Waals surface area (Å²) >= 11 is 6.23. The maximum atomic E-state index is 11.6. The number of amides is 1. The van der Waals surface area contributed by atoms with E-state index >= 15 is 0 Å². The summed E-state index contributed by atoms with van der Waals surface area (Å²) in [5.41, 5.74) is 2.96. The Labute approximate surface area is 115 Å². The van der Waals surface area contributed by atoms with Gasteiger partial charge in [-0.1, -0.05) is 30.0 Å². The van der Waals surface area contributed by atoms with Crippen LogP contribution in [0, 0.1) is 0 Å². The first kappa shape index (κ1) is 12.9. The summed E-state index contributed by atoms with van der Waals surface area (Å²) in [4.78, 5) is 12.2. The van der Waals surface area contributed by atoms with Gasteiger partial charge in [0.1, 0.15) is 4.32 Å². The minimum absolute atomic E-state index is 0.131. The normalized spacial score (nSPS) is 16.9. The molecular weight excluding hydrogens is 266 g/mol. The van der Waals surface area contributed by atoms with Crippen molar-refractivity contribution in [1.29, 1.82) is 0 Å². The molecule has 1 aliphatic rings. The molecule has 1 aromatic carbocycles. The fourth-order valence-corrected chi connectivity index (χ4v) is 2.69. The first-order valence-corrected chi connectivity index (χ1v) is 6.61. The van der Waals surface area contributed by atoms with Gasteiger partial charge in [0.25, 0.3) is 5.91 Å². The molecule has 2 rings (SSSR count). The Morgan fingerprint density at radius 1 is 1.28 bits per heavy atom. The number of anilines is 2. The zero-order chi connectivity index (χ0) is 13.1. The van der Waals surface area contributed by atoms with Crippen LogP contribution in [0.2, 0.25) is 0 Å². The van der Waals surface area contributed by atoms with Crippen LogP contribution in [0.3, 0.4) is 0 Å². The summed E-state index contributed by atoms with van der Waals surface area (Å²) < 4.78 is 0.506. The van der Waals surface area contributed by atoms with Gasteiger partial charge in [-0.15, -0.1) is 0 Å². The molecule has 0 saturated carbocycles. The predicted molar refractivity (Wildman–Crippen MR) is 81.8 cm³/mol. The zero-order valence-electron chi connectivity index (χ0n) is 10.0. The van der Waals surface area contributed by atoms with Gasteiger partial charge in [-0.3, -0.25) is 4.79 Å². The number of carbonyl (C=O) groups excluding carboxylic acids is 1. The standard InChI is InChI=1S/C12H13N3OS2/c1-13-8-4-3-7(5-9(8)14-2)6-10-11(16)15-12(17)18-10/h3-6,13-14H,1-2H3,(H,15,16,17). The summed E-state index contributed by atoms with van der Waals surface area (Å²) in [5.74, 6) is -0.131. The maximum absolute atomic E-state index is 11.6. The molecule has 0 aromatic heterocycles. The molecule has 0 radical (unpaired) electrons. The third-order valence-corrected chi connectivity index (χ3v) is 3.68. The number of nitrogens with one attached hydrogen (secondary N) is 3. The van der Waals surface area contributed by atoms with E-state index in [1.54, 1.807) is 0 Å². The minimum Gasteiger partial charge on any atom is -0.386 e. The summed E-state index contributed by atoms with van der Waals surface area (Å²) in [5, 5.41) is 8.80. The van der Waals surface area contributed by atoms with Crippen LogP contribution >= 0.6 is 24.0 Å². The lowest BCUT2D eigenvalue weighted by molar-refractivity contribution is -0.115. The fraction of sp³-hybridized carbons (Fsp3) is 0.167. The molecule has 0 atom stereocenters. The average molecular weight is 279 g/mol. The molecule has 6 heteroatoms. The van der Waals surface area contributed by atoms with E-state index < -0.39 is 0 Å². The van der Waals surface area contributed by atoms with Crippen molar-refractivity contribution in [2.75, 3.05) is 24.7 Å². The molecule has 0 aliphatic carbocycles. The van der Waals surface area contributed by atoms with Gasteiger partial charge in [-0.25, -0.2) is 0 Å². The Morgan fingerprint density at radius 3 is 2.56 bits per heavy atom. The molecule has 1 heterocycles. The van der Waals surface area contributed by atoms with Crippen molar-refractivity contribution in [2.45, 2.75) is 0 Å². The van der Waals surface area contributed by atoms with Crippen LogP contribution in [0.25, 0.3) is 6.08 Å². The molecule has 1 aliphatic heterocycles. The summed E-state index contributed by atoms with van der Waals surface area (Å²) in [7, 11) is 3.73. The van der Waals surface area contributed by atoms with E-state index in [1.807, 2.05) is 38.4 Å². The van der Waals surface area contributed by atoms with Crippen LogP contribution in [-0.2, 0) is 4.79 Å². The van der Waals surface area contributed by atoms with Crippen LogP contribution in [0.15, 0.2) is 23.1 Å². The molecule has 1 amide bonds. The smallest absolute Gasteiger partial charge is 0.263 e. The molecule has 1 saturated heterocycles. The van der Waals surface area contributed by atoms with Crippen molar-refractivity contribution in [3.05, 3.63) is 28.7 Å². The highest BCUT2D eigenvalue weighted by Crippen LogP contribution is 2.28. The van der Waals surface area contributed by atoms with Crippen LogP contribution in [0.1, 0.15) is 5.56 Å². The molecule has 1 aromatic rings. The molecule has 0 spiro atoms. The van der Waals surface area contributed by atoms with E-state index in [4.69, 9.17) is 12.2 Å². The van der Waals surface area contributed by atoms with Gasteiger partial charge in [0.2, 0.25) is 0 Å². The van der Waals surface area contributed by atoms with E-state index in [9.17, 15) is 4.79 Å². The van der Waals surface area contributed by atoms with Gasteiger partial charge in [-0.05, 0) is 23.8 Å². The van der Waals surface area contributed by atoms with Crippen molar-refractivity contribution in [3.8, 4) is 0 Å². The lowest BCUT2D eigenvalue weighted by atomic mass is 10.1. The van der Waals surface area contributed by atoms with Gasteiger partial charge >= 0.3 is 0 Å². The first-order valence-electron chi connectivity index (χ1n) is 5.38. The highest BCUT2D eigenvalue weighted by atomic mass is 32.2. The lowest BCUT2D eigenvalue weighted by Gasteiger charge is -2.09. The number of hydrogen-bond donors (Lipinski definition) is 3. The Kier molecular flexibility index (Phi) is 3.88. The third kappa shape index (κ3) is 2.65. The van der Waals surface area contributed by atoms with E-state index in [2.05, 4.69) is 16.0 Å². The summed E-state index contributed by atoms with van der Waals surface area (Å²) in [6.45, 7) is 0. The number of benzene rings is 1. The van der Waals surface area contributed by atoms with Crippen molar-refractivity contribution in [3.63, 3.8) is 0 Å². The predicted octanol–water partition coefficient (Wildman–Crippen LogP) is 2.26. The Bertz CT molecular complexity index is 540. The number of hydrogen-bond acceptors (Lipinski definition) is 5. The average Bonchev–Trinajstić information content (AvgIpc) is 2.67. The highest BCUT2D eigenvalue weighted by molar-refractivity contribution is 8.26. The number of carbonyl (C=O) groups is 1. The quantitative estimate of drug-likeness (QED) is 0.585. The van der Waals surface area contributed by atoms with E-state index in [0.717, 1.165) is 16.9 Å². The van der Waals surface area contributed by atoms with Gasteiger partial charge in [0, 0.05) is 14.1 Å². The van der Waals surface area contributed by atoms with Crippen molar-refractivity contribution in [1.82, 2.24) is 5.32 Å². The Hall–Kier alpha value is -1.53. The van der Waals surface area contributed by atoms with Gasteiger partial charge in [-0.2, -0.15) is 0 Å². The second kappa shape index (κ2) is 5.41. The van der Waals surface area contributed by atoms with Gasteiger partial charge < -0.3 is 16.0 Å². The highest BCUT2D eigenvalue weighted by Gasteiger charge is 2.21. The Morgan fingerprint density at radius 2 is 2.00 bits per heavy atom. The monoisotopic (exact) mass is 279 g/mol. The first-order chi connectivity index (χ1) is 8.63. The molecule has 18 heavy (non-hydrogen) atoms. The summed E-state index contributed by atoms with van der Waals surface area (Å²) in [6, 6.07) is 5.90. The molecule has 0 unspecified atom stereocenters. The van der Waals surface area contributed by atoms with Crippen molar-refractivity contribution in [2.24, 2.45) is 0 Å². The van der Waals surface area contributed by atoms with Gasteiger partial charge in [0.05, 0.1) is 16.3 Å². The lowest BCUT2D eigenvalue weighted by Crippen LogP contribution is -2.17. The second-order valence-corrected chi connectivity index (χ2v) is 5.38. The molecular formula is C12H13N3OS2. The minimum atomic E-state index is -0.131. The SMILES string of the molecule is CNc1ccc(C=C2SC(=S)NC2=O)cc1NC. The summed E-state index contributed by atoms with van der Waals surface area (Å²) in [6.07, 6.45) is 1.83. The zero-order valence-corrected chi connectivity index (χ0v) is 11.7. The number of thioether (sulfide) groups is 1. The fourth-order valence-electron chi connectivity index (χ4n) is 1.65. The largest absolute Gasteiger partial charge is 0.386 e. The van der Waals surface area contributed by atoms with Crippen LogP contribution in [0.4, 0.5) is 11.4 Å². The van der Waals surface area contributed by atoms with E-state index in [-0.39, 0.29) is 5.91 Å². The molecule has 3 N–H and O–H groups in total. The van der Waals surface area contributed by atoms with Crippen LogP contribution in [0.5, 0.6) is 0 Å². The topological polar surface area (TPSA) is 53.2 Å².